The molecule has 0 aliphatic rings. The van der Waals surface area contributed by atoms with Crippen LogP contribution in [-0.4, -0.2) is 22.7 Å². The predicted octanol–water partition coefficient (Wildman–Crippen LogP) is 7.35. The molecule has 4 rings (SSSR count). The van der Waals surface area contributed by atoms with Crippen molar-refractivity contribution in [3.63, 3.8) is 0 Å². The molecule has 0 fully saturated rings. The Balaban J connectivity index is 1.83. The van der Waals surface area contributed by atoms with Gasteiger partial charge >= 0.3 is 0 Å². The number of nitrogens with zero attached hydrogens (tertiary/aromatic N) is 2. The molecule has 0 saturated carbocycles. The van der Waals surface area contributed by atoms with Gasteiger partial charge in [-0.25, -0.2) is 4.68 Å². The van der Waals surface area contributed by atoms with E-state index in [1.54, 1.807) is 30.0 Å². The van der Waals surface area contributed by atoms with Crippen LogP contribution in [0, 0.1) is 6.92 Å². The lowest BCUT2D eigenvalue weighted by molar-refractivity contribution is 0.0987. The van der Waals surface area contributed by atoms with Crippen LogP contribution in [0.2, 0.25) is 10.0 Å². The minimum atomic E-state index is -0.0852. The van der Waals surface area contributed by atoms with Gasteiger partial charge in [-0.05, 0) is 55.0 Å². The van der Waals surface area contributed by atoms with Gasteiger partial charge in [-0.2, -0.15) is 5.10 Å². The van der Waals surface area contributed by atoms with Crippen LogP contribution >= 0.6 is 39.1 Å². The van der Waals surface area contributed by atoms with E-state index in [1.807, 2.05) is 55.5 Å². The Hall–Kier alpha value is -2.60. The number of benzene rings is 3. The van der Waals surface area contributed by atoms with Gasteiger partial charge in [-0.3, -0.25) is 4.79 Å². The summed E-state index contributed by atoms with van der Waals surface area (Å²) in [5.41, 5.74) is 4.42. The van der Waals surface area contributed by atoms with Crippen LogP contribution in [0.25, 0.3) is 16.9 Å². The van der Waals surface area contributed by atoms with Gasteiger partial charge in [0.1, 0.15) is 11.4 Å². The highest BCUT2D eigenvalue weighted by Crippen LogP contribution is 2.33. The predicted molar refractivity (Wildman–Crippen MR) is 132 cm³/mol. The summed E-state index contributed by atoms with van der Waals surface area (Å²) in [6, 6.07) is 20.6. The van der Waals surface area contributed by atoms with Crippen LogP contribution in [0.15, 0.2) is 71.2 Å². The molecule has 0 unspecified atom stereocenters. The van der Waals surface area contributed by atoms with E-state index in [9.17, 15) is 4.79 Å². The third kappa shape index (κ3) is 4.60. The fourth-order valence-electron chi connectivity index (χ4n) is 3.59. The van der Waals surface area contributed by atoms with Crippen molar-refractivity contribution in [1.29, 1.82) is 0 Å². The normalized spacial score (nSPS) is 10.9. The van der Waals surface area contributed by atoms with Gasteiger partial charge in [0.2, 0.25) is 0 Å². The number of halogens is 3. The molecular weight excluding hydrogens is 511 g/mol. The van der Waals surface area contributed by atoms with Gasteiger partial charge in [0, 0.05) is 27.0 Å². The highest BCUT2D eigenvalue weighted by atomic mass is 79.9. The Morgan fingerprint density at radius 3 is 2.50 bits per heavy atom. The van der Waals surface area contributed by atoms with Crippen molar-refractivity contribution in [2.24, 2.45) is 0 Å². The van der Waals surface area contributed by atoms with Crippen LogP contribution in [0.4, 0.5) is 0 Å². The quantitative estimate of drug-likeness (QED) is 0.245. The molecule has 4 aromatic rings. The molecular formula is C25H19BrCl2N2O2. The number of ketones is 1. The maximum absolute atomic E-state index is 13.3. The number of carbonyl (C=O) groups is 1. The van der Waals surface area contributed by atoms with Gasteiger partial charge < -0.3 is 4.74 Å². The first-order valence-corrected chi connectivity index (χ1v) is 11.4. The summed E-state index contributed by atoms with van der Waals surface area (Å²) in [4.78, 5) is 13.3. The molecule has 3 aromatic carbocycles. The Morgan fingerprint density at radius 1 is 1.06 bits per heavy atom. The van der Waals surface area contributed by atoms with E-state index >= 15 is 0 Å². The number of rotatable bonds is 6. The van der Waals surface area contributed by atoms with Crippen molar-refractivity contribution in [2.45, 2.75) is 13.3 Å². The van der Waals surface area contributed by atoms with E-state index in [2.05, 4.69) is 15.9 Å². The highest BCUT2D eigenvalue weighted by molar-refractivity contribution is 9.10. The second kappa shape index (κ2) is 9.49. The molecule has 1 heterocycles. The topological polar surface area (TPSA) is 44.1 Å². The number of carbonyl (C=O) groups excluding carboxylic acids is 1. The van der Waals surface area contributed by atoms with Gasteiger partial charge in [-0.15, -0.1) is 0 Å². The standard InChI is InChI=1S/C25H19BrCl2N2O2/c1-15-24(23(31)13-16-4-3-5-20(12-16)32-2)29-30(22-11-10-19(27)14-21(22)28)25(15)17-6-8-18(26)9-7-17/h3-12,14H,13H2,1-2H3. The van der Waals surface area contributed by atoms with Gasteiger partial charge in [0.15, 0.2) is 5.78 Å². The Labute approximate surface area is 204 Å². The van der Waals surface area contributed by atoms with E-state index in [0.717, 1.165) is 26.9 Å². The van der Waals surface area contributed by atoms with Gasteiger partial charge in [0.05, 0.1) is 23.5 Å². The van der Waals surface area contributed by atoms with E-state index in [-0.39, 0.29) is 12.2 Å². The molecule has 1 aromatic heterocycles. The molecule has 7 heteroatoms. The molecule has 32 heavy (non-hydrogen) atoms. The third-order valence-corrected chi connectivity index (χ3v) is 6.21. The van der Waals surface area contributed by atoms with E-state index in [0.29, 0.717) is 27.2 Å². The molecule has 0 aliphatic carbocycles. The maximum Gasteiger partial charge on any atom is 0.187 e. The zero-order valence-electron chi connectivity index (χ0n) is 17.4. The number of aromatic nitrogens is 2. The van der Waals surface area contributed by atoms with Crippen LogP contribution < -0.4 is 4.74 Å². The second-order valence-electron chi connectivity index (χ2n) is 7.29. The van der Waals surface area contributed by atoms with Crippen LogP contribution in [0.3, 0.4) is 0 Å². The summed E-state index contributed by atoms with van der Waals surface area (Å²) in [7, 11) is 1.60. The molecule has 0 N–H and O–H groups in total. The van der Waals surface area contributed by atoms with Crippen molar-refractivity contribution in [3.05, 3.63) is 98.1 Å². The minimum absolute atomic E-state index is 0.0852. The molecule has 162 valence electrons. The first-order valence-electron chi connectivity index (χ1n) is 9.84. The van der Waals surface area contributed by atoms with Crippen molar-refractivity contribution < 1.29 is 9.53 Å². The zero-order valence-corrected chi connectivity index (χ0v) is 20.5. The van der Waals surface area contributed by atoms with Gasteiger partial charge in [0.25, 0.3) is 0 Å². The minimum Gasteiger partial charge on any atom is -0.497 e. The molecule has 0 radical (unpaired) electrons. The van der Waals surface area contributed by atoms with E-state index < -0.39 is 0 Å². The number of ether oxygens (including phenoxy) is 1. The third-order valence-electron chi connectivity index (χ3n) is 5.14. The van der Waals surface area contributed by atoms with E-state index in [1.165, 1.54) is 0 Å². The first kappa shape index (κ1) is 22.6. The summed E-state index contributed by atoms with van der Waals surface area (Å²) in [6.07, 6.45) is 0.211. The maximum atomic E-state index is 13.3. The SMILES string of the molecule is COc1cccc(CC(=O)c2nn(-c3ccc(Cl)cc3Cl)c(-c3ccc(Br)cc3)c2C)c1. The van der Waals surface area contributed by atoms with Gasteiger partial charge in [-0.1, -0.05) is 63.4 Å². The number of hydrogen-bond acceptors (Lipinski definition) is 3. The Bertz CT molecular complexity index is 1300. The summed E-state index contributed by atoms with van der Waals surface area (Å²) < 4.78 is 7.96. The number of methoxy groups -OCH3 is 1. The number of hydrogen-bond donors (Lipinski definition) is 0. The monoisotopic (exact) mass is 528 g/mol. The van der Waals surface area contributed by atoms with Crippen molar-refractivity contribution in [3.8, 4) is 22.7 Å². The lowest BCUT2D eigenvalue weighted by Gasteiger charge is -2.11. The van der Waals surface area contributed by atoms with Crippen LogP contribution in [0.5, 0.6) is 5.75 Å². The first-order chi connectivity index (χ1) is 15.4. The van der Waals surface area contributed by atoms with E-state index in [4.69, 9.17) is 33.0 Å². The molecule has 0 atom stereocenters. The summed E-state index contributed by atoms with van der Waals surface area (Å²) in [5, 5.41) is 5.68. The fourth-order valence-corrected chi connectivity index (χ4v) is 4.34. The highest BCUT2D eigenvalue weighted by Gasteiger charge is 2.23. The van der Waals surface area contributed by atoms with Crippen molar-refractivity contribution >= 4 is 44.9 Å². The average Bonchev–Trinajstić information content (AvgIpc) is 3.11. The Kier molecular flexibility index (Phi) is 6.70. The zero-order chi connectivity index (χ0) is 22.8. The fraction of sp³-hybridized carbons (Fsp3) is 0.120. The van der Waals surface area contributed by atoms with Crippen LogP contribution in [-0.2, 0) is 6.42 Å². The lowest BCUT2D eigenvalue weighted by atomic mass is 10.0. The molecule has 0 amide bonds. The van der Waals surface area contributed by atoms with Crippen LogP contribution in [0.1, 0.15) is 21.6 Å². The number of Topliss-reactive ketones (excluding diaryl/α,β-unsaturated/α-hetero) is 1. The molecule has 4 nitrogen and oxygen atoms in total. The molecule has 0 spiro atoms. The van der Waals surface area contributed by atoms with Crippen molar-refractivity contribution in [2.75, 3.05) is 7.11 Å². The molecule has 0 bridgehead atoms. The largest absolute Gasteiger partial charge is 0.497 e. The second-order valence-corrected chi connectivity index (χ2v) is 9.05. The summed E-state index contributed by atoms with van der Waals surface area (Å²) in [5.74, 6) is 0.624. The molecule has 0 saturated heterocycles. The Morgan fingerprint density at radius 2 is 1.81 bits per heavy atom. The summed E-state index contributed by atoms with van der Waals surface area (Å²) in [6.45, 7) is 1.91. The molecule has 0 aliphatic heterocycles. The smallest absolute Gasteiger partial charge is 0.187 e. The lowest BCUT2D eigenvalue weighted by Crippen LogP contribution is -2.07. The van der Waals surface area contributed by atoms with Crippen molar-refractivity contribution in [1.82, 2.24) is 9.78 Å². The summed E-state index contributed by atoms with van der Waals surface area (Å²) >= 11 is 16.1. The average molecular weight is 530 g/mol.